The van der Waals surface area contributed by atoms with E-state index in [4.69, 9.17) is 16.3 Å². The Morgan fingerprint density at radius 3 is 2.32 bits per heavy atom. The molecule has 1 aliphatic rings. The van der Waals surface area contributed by atoms with Crippen molar-refractivity contribution in [1.29, 1.82) is 0 Å². The number of carbonyl (C=O) groups excluding carboxylic acids is 3. The first-order chi connectivity index (χ1) is 19.3. The highest BCUT2D eigenvalue weighted by Gasteiger charge is 2.29. The lowest BCUT2D eigenvalue weighted by Gasteiger charge is -2.35. The average Bonchev–Trinajstić information content (AvgIpc) is 3.29. The molecule has 0 unspecified atom stereocenters. The minimum atomic E-state index is -0.927. The van der Waals surface area contributed by atoms with Crippen LogP contribution in [0.3, 0.4) is 0 Å². The van der Waals surface area contributed by atoms with Crippen molar-refractivity contribution in [2.24, 2.45) is 7.05 Å². The van der Waals surface area contributed by atoms with Gasteiger partial charge in [-0.15, -0.1) is 0 Å². The summed E-state index contributed by atoms with van der Waals surface area (Å²) < 4.78 is 35.4. The van der Waals surface area contributed by atoms with Crippen LogP contribution in [0.25, 0.3) is 11.3 Å². The van der Waals surface area contributed by atoms with Gasteiger partial charge >= 0.3 is 6.09 Å². The van der Waals surface area contributed by atoms with Gasteiger partial charge in [-0.1, -0.05) is 11.6 Å². The van der Waals surface area contributed by atoms with Crippen LogP contribution in [-0.4, -0.2) is 81.1 Å². The third kappa shape index (κ3) is 6.56. The number of pyridine rings is 1. The largest absolute Gasteiger partial charge is 0.444 e. The molecule has 2 aromatic heterocycles. The molecule has 0 atom stereocenters. The molecule has 0 bridgehead atoms. The number of nitrogens with zero attached hydrogens (tertiary/aromatic N) is 5. The Balaban J connectivity index is 1.42. The van der Waals surface area contributed by atoms with E-state index in [9.17, 15) is 23.2 Å². The second kappa shape index (κ2) is 11.7. The first-order valence-electron chi connectivity index (χ1n) is 12.7. The van der Waals surface area contributed by atoms with Crippen molar-refractivity contribution >= 4 is 41.0 Å². The van der Waals surface area contributed by atoms with Crippen LogP contribution in [0.1, 0.15) is 41.7 Å². The molecule has 1 aliphatic heterocycles. The van der Waals surface area contributed by atoms with Gasteiger partial charge in [0.2, 0.25) is 5.95 Å². The quantitative estimate of drug-likeness (QED) is 0.423. The van der Waals surface area contributed by atoms with Crippen LogP contribution < -0.4 is 10.6 Å². The Morgan fingerprint density at radius 1 is 1.05 bits per heavy atom. The lowest BCUT2D eigenvalue weighted by atomic mass is 10.1. The van der Waals surface area contributed by atoms with E-state index < -0.39 is 29.4 Å². The van der Waals surface area contributed by atoms with Gasteiger partial charge in [-0.25, -0.2) is 14.2 Å². The SMILES string of the molecule is CNc1nc(F)c(-c2cnc(C(=O)Nc3ccc(C(=O)N4CCN(C(=O)OC(C)(C)C)CC4)c(Cl)c3)n2C)cc1F. The minimum Gasteiger partial charge on any atom is -0.444 e. The zero-order chi connectivity index (χ0) is 30.1. The lowest BCUT2D eigenvalue weighted by Crippen LogP contribution is -2.51. The monoisotopic (exact) mass is 589 g/mol. The fraction of sp³-hybridized carbons (Fsp3) is 0.370. The van der Waals surface area contributed by atoms with Crippen LogP contribution in [0, 0.1) is 11.8 Å². The molecule has 1 fully saturated rings. The number of imidazole rings is 1. The van der Waals surface area contributed by atoms with Crippen molar-refractivity contribution in [3.05, 3.63) is 58.6 Å². The Labute approximate surface area is 240 Å². The summed E-state index contributed by atoms with van der Waals surface area (Å²) in [5, 5.41) is 5.23. The summed E-state index contributed by atoms with van der Waals surface area (Å²) >= 11 is 6.40. The number of hydrogen-bond acceptors (Lipinski definition) is 7. The molecule has 3 aromatic rings. The van der Waals surface area contributed by atoms with Crippen molar-refractivity contribution in [3.8, 4) is 11.3 Å². The predicted octanol–water partition coefficient (Wildman–Crippen LogP) is 4.40. The van der Waals surface area contributed by atoms with Gasteiger partial charge in [-0.3, -0.25) is 9.59 Å². The Bertz CT molecular complexity index is 1500. The third-order valence-electron chi connectivity index (χ3n) is 6.31. The van der Waals surface area contributed by atoms with Crippen LogP contribution in [0.15, 0.2) is 30.5 Å². The Kier molecular flexibility index (Phi) is 8.47. The second-order valence-corrected chi connectivity index (χ2v) is 10.7. The van der Waals surface area contributed by atoms with Crippen molar-refractivity contribution in [3.63, 3.8) is 0 Å². The lowest BCUT2D eigenvalue weighted by molar-refractivity contribution is 0.0141. The van der Waals surface area contributed by atoms with Crippen molar-refractivity contribution in [2.45, 2.75) is 26.4 Å². The van der Waals surface area contributed by atoms with E-state index in [2.05, 4.69) is 20.6 Å². The van der Waals surface area contributed by atoms with Gasteiger partial charge < -0.3 is 29.7 Å². The highest BCUT2D eigenvalue weighted by atomic mass is 35.5. The number of amides is 3. The summed E-state index contributed by atoms with van der Waals surface area (Å²) in [5.74, 6) is -2.94. The number of carbonyl (C=O) groups is 3. The summed E-state index contributed by atoms with van der Waals surface area (Å²) in [7, 11) is 2.90. The van der Waals surface area contributed by atoms with Crippen LogP contribution in [-0.2, 0) is 11.8 Å². The topological polar surface area (TPSA) is 122 Å². The molecule has 11 nitrogen and oxygen atoms in total. The van der Waals surface area contributed by atoms with Crippen molar-refractivity contribution in [2.75, 3.05) is 43.9 Å². The van der Waals surface area contributed by atoms with Crippen LogP contribution >= 0.6 is 11.6 Å². The molecule has 1 aromatic carbocycles. The minimum absolute atomic E-state index is 0.0726. The molecule has 3 amide bonds. The smallest absolute Gasteiger partial charge is 0.410 e. The molecule has 218 valence electrons. The fourth-order valence-electron chi connectivity index (χ4n) is 4.23. The van der Waals surface area contributed by atoms with Gasteiger partial charge in [0, 0.05) is 46.0 Å². The second-order valence-electron chi connectivity index (χ2n) is 10.3. The first-order valence-corrected chi connectivity index (χ1v) is 13.1. The highest BCUT2D eigenvalue weighted by molar-refractivity contribution is 6.34. The number of nitrogens with one attached hydrogen (secondary N) is 2. The maximum atomic E-state index is 14.5. The zero-order valence-electron chi connectivity index (χ0n) is 23.2. The van der Waals surface area contributed by atoms with E-state index in [1.807, 2.05) is 0 Å². The van der Waals surface area contributed by atoms with Gasteiger partial charge in [-0.05, 0) is 45.0 Å². The molecule has 0 aliphatic carbocycles. The van der Waals surface area contributed by atoms with E-state index in [0.29, 0.717) is 31.9 Å². The summed E-state index contributed by atoms with van der Waals surface area (Å²) in [6.45, 7) is 6.64. The van der Waals surface area contributed by atoms with Gasteiger partial charge in [0.25, 0.3) is 11.8 Å². The van der Waals surface area contributed by atoms with Gasteiger partial charge in [-0.2, -0.15) is 9.37 Å². The summed E-state index contributed by atoms with van der Waals surface area (Å²) in [4.78, 5) is 49.1. The molecular weight excluding hydrogens is 560 g/mol. The van der Waals surface area contributed by atoms with E-state index in [1.165, 1.54) is 43.1 Å². The molecular formula is C27H30ClF2N7O4. The normalized spacial score (nSPS) is 13.7. The number of piperazine rings is 1. The average molecular weight is 590 g/mol. The van der Waals surface area contributed by atoms with Gasteiger partial charge in [0.05, 0.1) is 28.0 Å². The molecule has 14 heteroatoms. The fourth-order valence-corrected chi connectivity index (χ4v) is 4.50. The molecule has 0 saturated carbocycles. The van der Waals surface area contributed by atoms with Crippen LogP contribution in [0.4, 0.5) is 25.1 Å². The Hall–Kier alpha value is -4.26. The van der Waals surface area contributed by atoms with E-state index in [1.54, 1.807) is 30.6 Å². The number of aromatic nitrogens is 3. The van der Waals surface area contributed by atoms with Crippen LogP contribution in [0.5, 0.6) is 0 Å². The van der Waals surface area contributed by atoms with Crippen molar-refractivity contribution < 1.29 is 27.9 Å². The third-order valence-corrected chi connectivity index (χ3v) is 6.62. The molecule has 4 rings (SSSR count). The van der Waals surface area contributed by atoms with E-state index in [0.717, 1.165) is 6.07 Å². The molecule has 2 N–H and O–H groups in total. The summed E-state index contributed by atoms with van der Waals surface area (Å²) in [6, 6.07) is 5.42. The number of anilines is 2. The molecule has 41 heavy (non-hydrogen) atoms. The molecule has 0 spiro atoms. The maximum Gasteiger partial charge on any atom is 0.410 e. The molecule has 1 saturated heterocycles. The van der Waals surface area contributed by atoms with E-state index >= 15 is 0 Å². The highest BCUT2D eigenvalue weighted by Crippen LogP contribution is 2.27. The summed E-state index contributed by atoms with van der Waals surface area (Å²) in [6.07, 6.45) is 0.813. The standard InChI is InChI=1S/C27H30ClF2N7O4/c1-27(2,3)41-26(40)37-10-8-36(9-11-37)25(39)16-7-6-15(12-18(16)28)33-24(38)23-32-14-20(35(23)5)17-13-19(29)22(31-4)34-21(17)30/h6-7,12-14H,8-11H2,1-5H3,(H,31,34)(H,33,38). The number of ether oxygens (including phenoxy) is 1. The first kappa shape index (κ1) is 29.7. The Morgan fingerprint density at radius 2 is 1.71 bits per heavy atom. The summed E-state index contributed by atoms with van der Waals surface area (Å²) in [5.41, 5.74) is -0.0839. The number of rotatable bonds is 5. The number of hydrogen-bond donors (Lipinski definition) is 2. The van der Waals surface area contributed by atoms with Gasteiger partial charge in [0.1, 0.15) is 5.60 Å². The maximum absolute atomic E-state index is 14.5. The van der Waals surface area contributed by atoms with Crippen LogP contribution in [0.2, 0.25) is 5.02 Å². The van der Waals surface area contributed by atoms with Crippen molar-refractivity contribution in [1.82, 2.24) is 24.3 Å². The predicted molar refractivity (Wildman–Crippen MR) is 149 cm³/mol. The number of benzene rings is 1. The molecule has 0 radical (unpaired) electrons. The zero-order valence-corrected chi connectivity index (χ0v) is 24.0. The van der Waals surface area contributed by atoms with Gasteiger partial charge in [0.15, 0.2) is 17.5 Å². The number of halogens is 3. The van der Waals surface area contributed by atoms with E-state index in [-0.39, 0.29) is 39.4 Å². The molecule has 3 heterocycles.